The van der Waals surface area contributed by atoms with Crippen LogP contribution in [0.5, 0.6) is 0 Å². The second-order valence-corrected chi connectivity index (χ2v) is 8.54. The Labute approximate surface area is 146 Å². The van der Waals surface area contributed by atoms with Crippen molar-refractivity contribution >= 4 is 27.7 Å². The maximum Gasteiger partial charge on any atom is 0.244 e. The van der Waals surface area contributed by atoms with Crippen LogP contribution in [0.25, 0.3) is 0 Å². The zero-order valence-electron chi connectivity index (χ0n) is 13.6. The van der Waals surface area contributed by atoms with Crippen molar-refractivity contribution in [3.05, 3.63) is 30.1 Å². The van der Waals surface area contributed by atoms with Crippen molar-refractivity contribution in [1.29, 1.82) is 0 Å². The second kappa shape index (κ2) is 8.82. The molecule has 1 saturated carbocycles. The van der Waals surface area contributed by atoms with Gasteiger partial charge in [-0.3, -0.25) is 4.79 Å². The van der Waals surface area contributed by atoms with E-state index in [1.54, 1.807) is 0 Å². The number of thioether (sulfide) groups is 1. The van der Waals surface area contributed by atoms with Crippen LogP contribution in [0, 0.1) is 5.82 Å². The SMILES string of the molecule is CSCCC(NS(=O)(=O)c1ccccc1F)C(=O)NC1CCCC1. The van der Waals surface area contributed by atoms with Crippen LogP contribution in [0.4, 0.5) is 4.39 Å². The van der Waals surface area contributed by atoms with Gasteiger partial charge in [0.1, 0.15) is 16.8 Å². The van der Waals surface area contributed by atoms with Gasteiger partial charge in [-0.25, -0.2) is 12.8 Å². The lowest BCUT2D eigenvalue weighted by atomic mass is 10.2. The number of hydrogen-bond donors (Lipinski definition) is 2. The molecule has 1 aliphatic carbocycles. The zero-order chi connectivity index (χ0) is 17.6. The van der Waals surface area contributed by atoms with Gasteiger partial charge in [0, 0.05) is 6.04 Å². The molecule has 1 fully saturated rings. The lowest BCUT2D eigenvalue weighted by molar-refractivity contribution is -0.123. The molecular weight excluding hydrogens is 351 g/mol. The molecule has 2 rings (SSSR count). The molecular formula is C16H23FN2O3S2. The molecule has 1 amide bonds. The van der Waals surface area contributed by atoms with Gasteiger partial charge in [-0.1, -0.05) is 25.0 Å². The number of benzene rings is 1. The molecule has 0 saturated heterocycles. The summed E-state index contributed by atoms with van der Waals surface area (Å²) in [6, 6.07) is 4.36. The fraction of sp³-hybridized carbons (Fsp3) is 0.562. The van der Waals surface area contributed by atoms with E-state index in [1.807, 2.05) is 6.26 Å². The molecule has 8 heteroatoms. The van der Waals surface area contributed by atoms with Crippen LogP contribution < -0.4 is 10.0 Å². The Morgan fingerprint density at radius 1 is 1.33 bits per heavy atom. The number of nitrogens with one attached hydrogen (secondary N) is 2. The highest BCUT2D eigenvalue weighted by Gasteiger charge is 2.29. The third-order valence-electron chi connectivity index (χ3n) is 4.05. The van der Waals surface area contributed by atoms with Crippen LogP contribution in [0.2, 0.25) is 0 Å². The molecule has 0 heterocycles. The van der Waals surface area contributed by atoms with E-state index in [-0.39, 0.29) is 11.9 Å². The normalized spacial score (nSPS) is 16.9. The summed E-state index contributed by atoms with van der Waals surface area (Å²) in [5.74, 6) is -0.539. The summed E-state index contributed by atoms with van der Waals surface area (Å²) in [6.45, 7) is 0. The number of amides is 1. The summed E-state index contributed by atoms with van der Waals surface area (Å²) in [7, 11) is -4.09. The molecule has 0 spiro atoms. The average Bonchev–Trinajstić information content (AvgIpc) is 3.04. The van der Waals surface area contributed by atoms with Crippen molar-refractivity contribution in [2.45, 2.75) is 49.1 Å². The van der Waals surface area contributed by atoms with Crippen molar-refractivity contribution in [3.63, 3.8) is 0 Å². The average molecular weight is 375 g/mol. The van der Waals surface area contributed by atoms with Gasteiger partial charge in [0.25, 0.3) is 0 Å². The number of hydrogen-bond acceptors (Lipinski definition) is 4. The van der Waals surface area contributed by atoms with Crippen molar-refractivity contribution in [2.24, 2.45) is 0 Å². The molecule has 1 atom stereocenters. The minimum Gasteiger partial charge on any atom is -0.352 e. The van der Waals surface area contributed by atoms with Crippen LogP contribution in [0.15, 0.2) is 29.2 Å². The van der Waals surface area contributed by atoms with Gasteiger partial charge >= 0.3 is 0 Å². The molecule has 1 aliphatic rings. The number of carbonyl (C=O) groups is 1. The van der Waals surface area contributed by atoms with Gasteiger partial charge in [-0.05, 0) is 43.4 Å². The smallest absolute Gasteiger partial charge is 0.244 e. The predicted octanol–water partition coefficient (Wildman–Crippen LogP) is 2.28. The van der Waals surface area contributed by atoms with Crippen LogP contribution in [0.3, 0.4) is 0 Å². The van der Waals surface area contributed by atoms with Crippen LogP contribution in [-0.2, 0) is 14.8 Å². The van der Waals surface area contributed by atoms with Crippen molar-refractivity contribution in [3.8, 4) is 0 Å². The highest BCUT2D eigenvalue weighted by Crippen LogP contribution is 2.19. The minimum atomic E-state index is -4.09. The summed E-state index contributed by atoms with van der Waals surface area (Å²) in [4.78, 5) is 12.0. The Kier molecular flexibility index (Phi) is 7.06. The standard InChI is InChI=1S/C16H23FN2O3S2/c1-23-11-10-14(16(20)18-12-6-2-3-7-12)19-24(21,22)15-9-5-4-8-13(15)17/h4-5,8-9,12,14,19H,2-3,6-7,10-11H2,1H3,(H,18,20). The quantitative estimate of drug-likeness (QED) is 0.732. The Morgan fingerprint density at radius 2 is 2.00 bits per heavy atom. The van der Waals surface area contributed by atoms with Gasteiger partial charge in [0.2, 0.25) is 15.9 Å². The monoisotopic (exact) mass is 374 g/mol. The Balaban J connectivity index is 2.12. The molecule has 0 aromatic heterocycles. The summed E-state index contributed by atoms with van der Waals surface area (Å²) < 4.78 is 41.0. The van der Waals surface area contributed by atoms with Crippen molar-refractivity contribution in [1.82, 2.24) is 10.0 Å². The van der Waals surface area contributed by atoms with E-state index in [1.165, 1.54) is 30.0 Å². The molecule has 1 aromatic carbocycles. The number of sulfonamides is 1. The predicted molar refractivity (Wildman–Crippen MR) is 93.9 cm³/mol. The highest BCUT2D eigenvalue weighted by atomic mass is 32.2. The fourth-order valence-electron chi connectivity index (χ4n) is 2.76. The molecule has 0 bridgehead atoms. The summed E-state index contributed by atoms with van der Waals surface area (Å²) >= 11 is 1.53. The maximum atomic E-state index is 13.8. The zero-order valence-corrected chi connectivity index (χ0v) is 15.3. The first-order valence-corrected chi connectivity index (χ1v) is 10.9. The van der Waals surface area contributed by atoms with E-state index in [9.17, 15) is 17.6 Å². The lowest BCUT2D eigenvalue weighted by Gasteiger charge is -2.21. The Morgan fingerprint density at radius 3 is 2.62 bits per heavy atom. The van der Waals surface area contributed by atoms with E-state index in [4.69, 9.17) is 0 Å². The van der Waals surface area contributed by atoms with E-state index >= 15 is 0 Å². The first-order chi connectivity index (χ1) is 11.4. The van der Waals surface area contributed by atoms with Gasteiger partial charge in [-0.15, -0.1) is 0 Å². The van der Waals surface area contributed by atoms with Crippen molar-refractivity contribution in [2.75, 3.05) is 12.0 Å². The number of rotatable bonds is 8. The highest BCUT2D eigenvalue weighted by molar-refractivity contribution is 7.98. The fourth-order valence-corrected chi connectivity index (χ4v) is 4.54. The van der Waals surface area contributed by atoms with Gasteiger partial charge < -0.3 is 5.32 Å². The summed E-state index contributed by atoms with van der Waals surface area (Å²) in [5, 5.41) is 2.91. The molecule has 2 N–H and O–H groups in total. The van der Waals surface area contributed by atoms with E-state index in [2.05, 4.69) is 10.0 Å². The lowest BCUT2D eigenvalue weighted by Crippen LogP contribution is -2.49. The molecule has 1 unspecified atom stereocenters. The largest absolute Gasteiger partial charge is 0.352 e. The first kappa shape index (κ1) is 19.2. The topological polar surface area (TPSA) is 75.3 Å². The maximum absolute atomic E-state index is 13.8. The molecule has 5 nitrogen and oxygen atoms in total. The summed E-state index contributed by atoms with van der Waals surface area (Å²) in [6.07, 6.45) is 6.22. The molecule has 1 aromatic rings. The van der Waals surface area contributed by atoms with Crippen molar-refractivity contribution < 1.29 is 17.6 Å². The summed E-state index contributed by atoms with van der Waals surface area (Å²) in [5.41, 5.74) is 0. The number of carbonyl (C=O) groups excluding carboxylic acids is 1. The van der Waals surface area contributed by atoms with Gasteiger partial charge in [0.15, 0.2) is 0 Å². The van der Waals surface area contributed by atoms with E-state index < -0.39 is 26.8 Å². The molecule has 24 heavy (non-hydrogen) atoms. The third kappa shape index (κ3) is 5.19. The molecule has 134 valence electrons. The number of halogens is 1. The minimum absolute atomic E-state index is 0.104. The van der Waals surface area contributed by atoms with Crippen LogP contribution >= 0.6 is 11.8 Å². The first-order valence-electron chi connectivity index (χ1n) is 8.00. The van der Waals surface area contributed by atoms with Crippen LogP contribution in [0.1, 0.15) is 32.1 Å². The van der Waals surface area contributed by atoms with Gasteiger partial charge in [-0.2, -0.15) is 16.5 Å². The Hall–Kier alpha value is -1.12. The molecule has 0 radical (unpaired) electrons. The molecule has 0 aliphatic heterocycles. The van der Waals surface area contributed by atoms with Gasteiger partial charge in [0.05, 0.1) is 0 Å². The Bertz CT molecular complexity index is 661. The second-order valence-electron chi connectivity index (χ2n) is 5.88. The van der Waals surface area contributed by atoms with E-state index in [0.29, 0.717) is 12.2 Å². The third-order valence-corrected chi connectivity index (χ3v) is 6.20. The van der Waals surface area contributed by atoms with E-state index in [0.717, 1.165) is 31.7 Å². The van der Waals surface area contributed by atoms with Crippen LogP contribution in [-0.4, -0.2) is 38.4 Å².